The van der Waals surface area contributed by atoms with E-state index in [1.807, 2.05) is 24.3 Å². The summed E-state index contributed by atoms with van der Waals surface area (Å²) in [6.45, 7) is 1.31. The zero-order valence-corrected chi connectivity index (χ0v) is 11.2. The van der Waals surface area contributed by atoms with E-state index in [2.05, 4.69) is 5.32 Å². The minimum absolute atomic E-state index is 0.0738. The Hall–Kier alpha value is -1.55. The molecular formula is C14H15ClN2O2. The summed E-state index contributed by atoms with van der Waals surface area (Å²) in [5.41, 5.74) is 0.593. The third-order valence-corrected chi connectivity index (χ3v) is 4.13. The van der Waals surface area contributed by atoms with E-state index in [1.165, 1.54) is 0 Å². The summed E-state index contributed by atoms with van der Waals surface area (Å²) in [5, 5.41) is 3.41. The number of carbonyl (C=O) groups is 2. The first-order chi connectivity index (χ1) is 9.12. The molecule has 1 aliphatic heterocycles. The molecule has 3 rings (SSSR count). The largest absolute Gasteiger partial charge is 0.353 e. The van der Waals surface area contributed by atoms with Gasteiger partial charge < -0.3 is 10.2 Å². The van der Waals surface area contributed by atoms with Crippen LogP contribution in [0.1, 0.15) is 18.4 Å². The molecule has 1 aromatic rings. The zero-order chi connectivity index (χ0) is 13.5. The summed E-state index contributed by atoms with van der Waals surface area (Å²) >= 11 is 5.88. The second-order valence-corrected chi connectivity index (χ2v) is 5.60. The van der Waals surface area contributed by atoms with Crippen molar-refractivity contribution < 1.29 is 9.59 Å². The molecule has 0 aromatic heterocycles. The molecule has 0 bridgehead atoms. The van der Waals surface area contributed by atoms with Crippen molar-refractivity contribution in [2.45, 2.75) is 18.3 Å². The van der Waals surface area contributed by atoms with Crippen LogP contribution >= 0.6 is 11.6 Å². The fourth-order valence-electron chi connectivity index (χ4n) is 2.63. The van der Waals surface area contributed by atoms with Gasteiger partial charge in [0, 0.05) is 18.1 Å². The van der Waals surface area contributed by atoms with Crippen LogP contribution in [-0.2, 0) is 15.0 Å². The molecule has 1 N–H and O–H groups in total. The van der Waals surface area contributed by atoms with E-state index in [0.29, 0.717) is 18.1 Å². The number of hydrogen-bond donors (Lipinski definition) is 1. The average Bonchev–Trinajstić information content (AvgIpc) is 3.20. The zero-order valence-electron chi connectivity index (χ0n) is 10.5. The van der Waals surface area contributed by atoms with Crippen LogP contribution in [0.3, 0.4) is 0 Å². The van der Waals surface area contributed by atoms with Gasteiger partial charge in [0.25, 0.3) is 0 Å². The van der Waals surface area contributed by atoms with E-state index >= 15 is 0 Å². The van der Waals surface area contributed by atoms with Crippen molar-refractivity contribution in [2.75, 3.05) is 19.6 Å². The van der Waals surface area contributed by atoms with Gasteiger partial charge in [0.2, 0.25) is 11.8 Å². The monoisotopic (exact) mass is 278 g/mol. The number of nitrogens with one attached hydrogen (secondary N) is 1. The number of amides is 2. The van der Waals surface area contributed by atoms with Gasteiger partial charge in [-0.3, -0.25) is 9.59 Å². The van der Waals surface area contributed by atoms with Gasteiger partial charge >= 0.3 is 0 Å². The Bertz CT molecular complexity index is 523. The van der Waals surface area contributed by atoms with Crippen LogP contribution in [0.4, 0.5) is 0 Å². The van der Waals surface area contributed by atoms with Gasteiger partial charge in [-0.2, -0.15) is 0 Å². The highest BCUT2D eigenvalue weighted by Gasteiger charge is 2.53. The topological polar surface area (TPSA) is 49.4 Å². The Morgan fingerprint density at radius 3 is 2.53 bits per heavy atom. The second kappa shape index (κ2) is 4.53. The van der Waals surface area contributed by atoms with Crippen LogP contribution in [0.2, 0.25) is 5.02 Å². The lowest BCUT2D eigenvalue weighted by molar-refractivity contribution is -0.140. The van der Waals surface area contributed by atoms with E-state index < -0.39 is 5.41 Å². The Balaban J connectivity index is 1.82. The molecule has 1 heterocycles. The first-order valence-corrected chi connectivity index (χ1v) is 6.82. The lowest BCUT2D eigenvalue weighted by Gasteiger charge is -2.30. The second-order valence-electron chi connectivity index (χ2n) is 5.17. The molecule has 1 aliphatic carbocycles. The van der Waals surface area contributed by atoms with Crippen LogP contribution in [-0.4, -0.2) is 36.3 Å². The van der Waals surface area contributed by atoms with E-state index in [1.54, 1.807) is 4.90 Å². The summed E-state index contributed by atoms with van der Waals surface area (Å²) in [6, 6.07) is 7.45. The number of halogens is 1. The lowest BCUT2D eigenvalue weighted by Crippen LogP contribution is -2.52. The number of benzene rings is 1. The highest BCUT2D eigenvalue weighted by Crippen LogP contribution is 2.49. The number of nitrogens with zero attached hydrogens (tertiary/aromatic N) is 1. The number of rotatable bonds is 2. The van der Waals surface area contributed by atoms with Crippen LogP contribution in [0, 0.1) is 0 Å². The van der Waals surface area contributed by atoms with E-state index in [0.717, 1.165) is 18.4 Å². The summed E-state index contributed by atoms with van der Waals surface area (Å²) in [7, 11) is 0. The molecule has 100 valence electrons. The van der Waals surface area contributed by atoms with Crippen molar-refractivity contribution in [3.05, 3.63) is 34.9 Å². The Labute approximate surface area is 116 Å². The minimum Gasteiger partial charge on any atom is -0.353 e. The number of hydrogen-bond acceptors (Lipinski definition) is 2. The first kappa shape index (κ1) is 12.5. The molecule has 1 aromatic carbocycles. The van der Waals surface area contributed by atoms with Crippen molar-refractivity contribution in [1.29, 1.82) is 0 Å². The molecule has 19 heavy (non-hydrogen) atoms. The highest BCUT2D eigenvalue weighted by atomic mass is 35.5. The molecule has 4 nitrogen and oxygen atoms in total. The van der Waals surface area contributed by atoms with Gasteiger partial charge in [-0.15, -0.1) is 0 Å². The third-order valence-electron chi connectivity index (χ3n) is 3.88. The van der Waals surface area contributed by atoms with Crippen molar-refractivity contribution in [3.63, 3.8) is 0 Å². The SMILES string of the molecule is O=C1CN(C(=O)C2(c3ccc(Cl)cc3)CC2)CCN1. The van der Waals surface area contributed by atoms with E-state index in [4.69, 9.17) is 11.6 Å². The van der Waals surface area contributed by atoms with E-state index in [-0.39, 0.29) is 18.4 Å². The maximum atomic E-state index is 12.6. The normalized spacial score (nSPS) is 20.9. The Morgan fingerprint density at radius 1 is 1.26 bits per heavy atom. The summed E-state index contributed by atoms with van der Waals surface area (Å²) in [4.78, 5) is 25.7. The quantitative estimate of drug-likeness (QED) is 0.887. The van der Waals surface area contributed by atoms with Gasteiger partial charge in [0.15, 0.2) is 0 Å². The minimum atomic E-state index is -0.414. The summed E-state index contributed by atoms with van der Waals surface area (Å²) in [6.07, 6.45) is 1.71. The van der Waals surface area contributed by atoms with Crippen LogP contribution in [0.5, 0.6) is 0 Å². The van der Waals surface area contributed by atoms with E-state index in [9.17, 15) is 9.59 Å². The molecule has 1 saturated heterocycles. The summed E-state index contributed by atoms with van der Waals surface area (Å²) < 4.78 is 0. The first-order valence-electron chi connectivity index (χ1n) is 6.44. The molecule has 0 radical (unpaired) electrons. The van der Waals surface area contributed by atoms with Crippen molar-refractivity contribution >= 4 is 23.4 Å². The van der Waals surface area contributed by atoms with Gasteiger partial charge in [-0.1, -0.05) is 23.7 Å². The van der Waals surface area contributed by atoms with Crippen LogP contribution < -0.4 is 5.32 Å². The van der Waals surface area contributed by atoms with Crippen molar-refractivity contribution in [1.82, 2.24) is 10.2 Å². The van der Waals surface area contributed by atoms with Crippen LogP contribution in [0.25, 0.3) is 0 Å². The molecule has 2 fully saturated rings. The Kier molecular flexibility index (Phi) is 2.97. The molecule has 0 spiro atoms. The maximum Gasteiger partial charge on any atom is 0.239 e. The van der Waals surface area contributed by atoms with Gasteiger partial charge in [-0.05, 0) is 30.5 Å². The molecule has 1 saturated carbocycles. The maximum absolute atomic E-state index is 12.6. The molecule has 2 amide bonds. The molecule has 2 aliphatic rings. The fourth-order valence-corrected chi connectivity index (χ4v) is 2.76. The molecular weight excluding hydrogens is 264 g/mol. The van der Waals surface area contributed by atoms with Crippen LogP contribution in [0.15, 0.2) is 24.3 Å². The smallest absolute Gasteiger partial charge is 0.239 e. The van der Waals surface area contributed by atoms with Gasteiger partial charge in [0.05, 0.1) is 12.0 Å². The lowest BCUT2D eigenvalue weighted by atomic mass is 9.94. The molecule has 5 heteroatoms. The Morgan fingerprint density at radius 2 is 1.95 bits per heavy atom. The fraction of sp³-hybridized carbons (Fsp3) is 0.429. The number of piperazine rings is 1. The number of carbonyl (C=O) groups excluding carboxylic acids is 2. The average molecular weight is 279 g/mol. The molecule has 0 unspecified atom stereocenters. The van der Waals surface area contributed by atoms with Gasteiger partial charge in [-0.25, -0.2) is 0 Å². The highest BCUT2D eigenvalue weighted by molar-refractivity contribution is 6.30. The predicted octanol–water partition coefficient (Wildman–Crippen LogP) is 1.33. The molecule has 0 atom stereocenters. The third kappa shape index (κ3) is 2.21. The van der Waals surface area contributed by atoms with Crippen molar-refractivity contribution in [2.24, 2.45) is 0 Å². The summed E-state index contributed by atoms with van der Waals surface area (Å²) in [5.74, 6) is -0.00354. The predicted molar refractivity (Wildman–Crippen MR) is 72.0 cm³/mol. The standard InChI is InChI=1S/C14H15ClN2O2/c15-11-3-1-10(2-4-11)14(5-6-14)13(19)17-8-7-16-12(18)9-17/h1-4H,5-9H2,(H,16,18). The van der Waals surface area contributed by atoms with Gasteiger partial charge in [0.1, 0.15) is 0 Å². The van der Waals surface area contributed by atoms with Crippen molar-refractivity contribution in [3.8, 4) is 0 Å².